The molecule has 0 aliphatic carbocycles. The van der Waals surface area contributed by atoms with Crippen molar-refractivity contribution in [1.82, 2.24) is 15.2 Å². The number of nitrogens with one attached hydrogen (secondary N) is 2. The number of likely N-dealkylation sites (tertiary alicyclic amines) is 1. The van der Waals surface area contributed by atoms with Gasteiger partial charge in [-0.15, -0.1) is 0 Å². The summed E-state index contributed by atoms with van der Waals surface area (Å²) in [6, 6.07) is 14.9. The van der Waals surface area contributed by atoms with Crippen LogP contribution in [0.1, 0.15) is 31.0 Å². The van der Waals surface area contributed by atoms with E-state index in [-0.39, 0.29) is 0 Å². The number of hydrogen-bond donors (Lipinski definition) is 2. The van der Waals surface area contributed by atoms with Crippen molar-refractivity contribution in [3.63, 3.8) is 0 Å². The molecule has 1 aliphatic rings. The second kappa shape index (κ2) is 8.92. The van der Waals surface area contributed by atoms with Crippen LogP contribution < -0.4 is 10.6 Å². The van der Waals surface area contributed by atoms with Gasteiger partial charge in [0.2, 0.25) is 0 Å². The fourth-order valence-electron chi connectivity index (χ4n) is 3.25. The van der Waals surface area contributed by atoms with E-state index in [1.807, 2.05) is 18.3 Å². The van der Waals surface area contributed by atoms with Crippen molar-refractivity contribution >= 4 is 23.0 Å². The third-order valence-corrected chi connectivity index (χ3v) is 4.90. The van der Waals surface area contributed by atoms with Crippen molar-refractivity contribution in [2.75, 3.05) is 18.4 Å². The van der Waals surface area contributed by atoms with Gasteiger partial charge < -0.3 is 10.6 Å². The summed E-state index contributed by atoms with van der Waals surface area (Å²) < 4.78 is 0. The van der Waals surface area contributed by atoms with E-state index in [1.165, 1.54) is 5.56 Å². The van der Waals surface area contributed by atoms with Crippen LogP contribution in [-0.4, -0.2) is 34.1 Å². The van der Waals surface area contributed by atoms with Gasteiger partial charge in [-0.2, -0.15) is 0 Å². The van der Waals surface area contributed by atoms with Gasteiger partial charge in [0, 0.05) is 37.6 Å². The van der Waals surface area contributed by atoms with Crippen LogP contribution in [0.25, 0.3) is 0 Å². The molecule has 132 valence electrons. The van der Waals surface area contributed by atoms with Gasteiger partial charge in [-0.25, -0.2) is 0 Å². The number of para-hydroxylation sites is 1. The molecule has 3 rings (SSSR count). The number of aromatic nitrogens is 1. The van der Waals surface area contributed by atoms with Crippen molar-refractivity contribution in [3.8, 4) is 0 Å². The summed E-state index contributed by atoms with van der Waals surface area (Å²) in [7, 11) is 0. The van der Waals surface area contributed by atoms with Gasteiger partial charge in [-0.05, 0) is 55.2 Å². The molecule has 1 aromatic carbocycles. The Kier molecular flexibility index (Phi) is 6.36. The second-order valence-corrected chi connectivity index (χ2v) is 6.89. The fourth-order valence-corrected chi connectivity index (χ4v) is 3.53. The Balaban J connectivity index is 1.45. The Bertz CT molecular complexity index is 681. The molecule has 2 heterocycles. The third-order valence-electron chi connectivity index (χ3n) is 4.68. The van der Waals surface area contributed by atoms with Crippen LogP contribution in [0.5, 0.6) is 0 Å². The zero-order valence-electron chi connectivity index (χ0n) is 14.7. The predicted molar refractivity (Wildman–Crippen MR) is 108 cm³/mol. The largest absolute Gasteiger partial charge is 0.360 e. The van der Waals surface area contributed by atoms with Crippen LogP contribution >= 0.6 is 12.2 Å². The molecule has 5 heteroatoms. The quantitative estimate of drug-likeness (QED) is 0.803. The maximum absolute atomic E-state index is 5.51. The molecule has 2 aromatic rings. The van der Waals surface area contributed by atoms with Crippen LogP contribution in [0.2, 0.25) is 0 Å². The van der Waals surface area contributed by atoms with Crippen molar-refractivity contribution in [2.24, 2.45) is 0 Å². The number of hydrogen-bond acceptors (Lipinski definition) is 3. The first-order valence-corrected chi connectivity index (χ1v) is 9.43. The minimum atomic E-state index is 0.439. The molecule has 25 heavy (non-hydrogen) atoms. The minimum Gasteiger partial charge on any atom is -0.360 e. The number of anilines is 1. The first kappa shape index (κ1) is 17.8. The average Bonchev–Trinajstić information content (AvgIpc) is 2.64. The summed E-state index contributed by atoms with van der Waals surface area (Å²) in [5.41, 5.74) is 3.54. The zero-order chi connectivity index (χ0) is 17.5. The van der Waals surface area contributed by atoms with Crippen LogP contribution in [0.3, 0.4) is 0 Å². The summed E-state index contributed by atoms with van der Waals surface area (Å²) in [5.74, 6) is 0. The molecular weight excluding hydrogens is 328 g/mol. The maximum atomic E-state index is 5.51. The monoisotopic (exact) mass is 354 g/mol. The summed E-state index contributed by atoms with van der Waals surface area (Å²) in [6.45, 7) is 5.24. The predicted octanol–water partition coefficient (Wildman–Crippen LogP) is 3.60. The zero-order valence-corrected chi connectivity index (χ0v) is 15.6. The minimum absolute atomic E-state index is 0.439. The van der Waals surface area contributed by atoms with E-state index in [0.717, 1.165) is 55.4 Å². The lowest BCUT2D eigenvalue weighted by Crippen LogP contribution is -2.45. The van der Waals surface area contributed by atoms with Crippen molar-refractivity contribution in [3.05, 3.63) is 59.9 Å². The molecule has 0 saturated carbocycles. The first-order valence-electron chi connectivity index (χ1n) is 9.02. The molecule has 0 bridgehead atoms. The summed E-state index contributed by atoms with van der Waals surface area (Å²) >= 11 is 5.51. The average molecular weight is 355 g/mol. The molecule has 1 fully saturated rings. The number of pyridine rings is 1. The lowest BCUT2D eigenvalue weighted by molar-refractivity contribution is 0.197. The number of piperidine rings is 1. The van der Waals surface area contributed by atoms with Gasteiger partial charge >= 0.3 is 0 Å². The molecule has 1 aromatic heterocycles. The third kappa shape index (κ3) is 5.25. The maximum Gasteiger partial charge on any atom is 0.171 e. The summed E-state index contributed by atoms with van der Waals surface area (Å²) in [5, 5.41) is 7.56. The number of nitrogens with zero attached hydrogens (tertiary/aromatic N) is 2. The molecule has 0 amide bonds. The topological polar surface area (TPSA) is 40.2 Å². The van der Waals surface area contributed by atoms with Gasteiger partial charge in [-0.1, -0.05) is 31.2 Å². The van der Waals surface area contributed by atoms with Crippen LogP contribution in [-0.2, 0) is 13.0 Å². The first-order chi connectivity index (χ1) is 12.2. The van der Waals surface area contributed by atoms with Gasteiger partial charge in [0.25, 0.3) is 0 Å². The van der Waals surface area contributed by atoms with E-state index < -0.39 is 0 Å². The molecule has 0 unspecified atom stereocenters. The number of benzene rings is 1. The van der Waals surface area contributed by atoms with E-state index in [4.69, 9.17) is 12.2 Å². The van der Waals surface area contributed by atoms with Gasteiger partial charge in [0.1, 0.15) is 0 Å². The van der Waals surface area contributed by atoms with Gasteiger partial charge in [0.15, 0.2) is 5.11 Å². The number of thiocarbonyl (C=S) groups is 1. The van der Waals surface area contributed by atoms with Gasteiger partial charge in [0.05, 0.1) is 5.69 Å². The highest BCUT2D eigenvalue weighted by Gasteiger charge is 2.20. The highest BCUT2D eigenvalue weighted by atomic mass is 32.1. The molecule has 4 nitrogen and oxygen atoms in total. The molecule has 2 N–H and O–H groups in total. The standard InChI is InChI=1S/C20H26N4S/c1-2-16-7-3-4-9-19(16)23-20(25)22-17-10-13-24(14-11-17)15-18-8-5-6-12-21-18/h3-9,12,17H,2,10-11,13-15H2,1H3,(H2,22,23,25). The van der Waals surface area contributed by atoms with E-state index in [1.54, 1.807) is 0 Å². The second-order valence-electron chi connectivity index (χ2n) is 6.48. The summed E-state index contributed by atoms with van der Waals surface area (Å²) in [6.07, 6.45) is 5.06. The van der Waals surface area contributed by atoms with Crippen LogP contribution in [0, 0.1) is 0 Å². The Hall–Kier alpha value is -1.98. The van der Waals surface area contributed by atoms with E-state index in [9.17, 15) is 0 Å². The number of aryl methyl sites for hydroxylation is 1. The highest BCUT2D eigenvalue weighted by Crippen LogP contribution is 2.16. The Morgan fingerprint density at radius 2 is 1.92 bits per heavy atom. The molecule has 1 saturated heterocycles. The fraction of sp³-hybridized carbons (Fsp3) is 0.400. The molecular formula is C20H26N4S. The molecule has 0 atom stereocenters. The van der Waals surface area contributed by atoms with Crippen molar-refractivity contribution in [2.45, 2.75) is 38.8 Å². The Morgan fingerprint density at radius 1 is 1.16 bits per heavy atom. The van der Waals surface area contributed by atoms with Crippen LogP contribution in [0.15, 0.2) is 48.7 Å². The SMILES string of the molecule is CCc1ccccc1NC(=S)NC1CCN(Cc2ccccn2)CC1. The normalized spacial score (nSPS) is 15.7. The summed E-state index contributed by atoms with van der Waals surface area (Å²) in [4.78, 5) is 6.88. The number of rotatable bonds is 5. The van der Waals surface area contributed by atoms with Crippen molar-refractivity contribution < 1.29 is 0 Å². The van der Waals surface area contributed by atoms with Crippen molar-refractivity contribution in [1.29, 1.82) is 0 Å². The molecule has 1 aliphatic heterocycles. The molecule has 0 radical (unpaired) electrons. The highest BCUT2D eigenvalue weighted by molar-refractivity contribution is 7.80. The Labute approximate surface area is 155 Å². The van der Waals surface area contributed by atoms with E-state index in [0.29, 0.717) is 6.04 Å². The lowest BCUT2D eigenvalue weighted by Gasteiger charge is -2.32. The van der Waals surface area contributed by atoms with E-state index >= 15 is 0 Å². The van der Waals surface area contributed by atoms with E-state index in [2.05, 4.69) is 57.8 Å². The Morgan fingerprint density at radius 3 is 2.64 bits per heavy atom. The van der Waals surface area contributed by atoms with Gasteiger partial charge in [-0.3, -0.25) is 9.88 Å². The van der Waals surface area contributed by atoms with Crippen LogP contribution in [0.4, 0.5) is 5.69 Å². The smallest absolute Gasteiger partial charge is 0.171 e. The lowest BCUT2D eigenvalue weighted by atomic mass is 10.1. The molecule has 0 spiro atoms.